The van der Waals surface area contributed by atoms with Crippen LogP contribution in [0.5, 0.6) is 11.5 Å². The highest BCUT2D eigenvalue weighted by Crippen LogP contribution is 2.27. The van der Waals surface area contributed by atoms with E-state index in [-0.39, 0.29) is 11.8 Å². The van der Waals surface area contributed by atoms with Gasteiger partial charge in [0.15, 0.2) is 17.3 Å². The smallest absolute Gasteiger partial charge is 0.176 e. The van der Waals surface area contributed by atoms with Gasteiger partial charge in [0.2, 0.25) is 0 Å². The molecule has 1 heterocycles. The number of likely N-dealkylation sites (tertiary alicyclic amines) is 1. The zero-order valence-electron chi connectivity index (χ0n) is 11.4. The highest BCUT2D eigenvalue weighted by atomic mass is 16.5. The van der Waals surface area contributed by atoms with Gasteiger partial charge in [-0.15, -0.1) is 0 Å². The summed E-state index contributed by atoms with van der Waals surface area (Å²) in [6.07, 6.45) is 0.958. The normalized spacial score (nSPS) is 19.4. The van der Waals surface area contributed by atoms with E-state index in [1.807, 2.05) is 0 Å². The van der Waals surface area contributed by atoms with E-state index in [9.17, 15) is 4.79 Å². The molecule has 2 rings (SSSR count). The standard InChI is InChI=1S/C14H20N2O3/c1-18-13-4-3-10(7-14(13)19-2)12(17)9-16-6-5-11(15)8-16/h3-4,7,11H,5-6,8-9,15H2,1-2H3. The summed E-state index contributed by atoms with van der Waals surface area (Å²) in [4.78, 5) is 14.3. The summed E-state index contributed by atoms with van der Waals surface area (Å²) in [6.45, 7) is 2.09. The van der Waals surface area contributed by atoms with Crippen LogP contribution in [0.2, 0.25) is 0 Å². The summed E-state index contributed by atoms with van der Waals surface area (Å²) < 4.78 is 10.4. The van der Waals surface area contributed by atoms with Crippen LogP contribution >= 0.6 is 0 Å². The average Bonchev–Trinajstić information content (AvgIpc) is 2.83. The number of carbonyl (C=O) groups excluding carboxylic acids is 1. The number of benzene rings is 1. The number of hydrogen-bond donors (Lipinski definition) is 1. The highest BCUT2D eigenvalue weighted by molar-refractivity contribution is 5.98. The first-order chi connectivity index (χ1) is 9.13. The van der Waals surface area contributed by atoms with Crippen molar-refractivity contribution in [2.45, 2.75) is 12.5 Å². The monoisotopic (exact) mass is 264 g/mol. The van der Waals surface area contributed by atoms with Gasteiger partial charge in [0, 0.05) is 24.7 Å². The first kappa shape index (κ1) is 13.8. The Bertz CT molecular complexity index is 462. The quantitative estimate of drug-likeness (QED) is 0.801. The molecule has 1 unspecified atom stereocenters. The number of Topliss-reactive ketones (excluding diaryl/α,β-unsaturated/α-hetero) is 1. The molecular weight excluding hydrogens is 244 g/mol. The predicted octanol–water partition coefficient (Wildman–Crippen LogP) is 0.920. The summed E-state index contributed by atoms with van der Waals surface area (Å²) in [5.74, 6) is 1.28. The van der Waals surface area contributed by atoms with Crippen LogP contribution < -0.4 is 15.2 Å². The molecule has 1 saturated heterocycles. The third kappa shape index (κ3) is 3.24. The van der Waals surface area contributed by atoms with Crippen molar-refractivity contribution >= 4 is 5.78 Å². The van der Waals surface area contributed by atoms with E-state index in [0.29, 0.717) is 23.6 Å². The van der Waals surface area contributed by atoms with Gasteiger partial charge in [-0.1, -0.05) is 0 Å². The van der Waals surface area contributed by atoms with Gasteiger partial charge in [-0.2, -0.15) is 0 Å². The van der Waals surface area contributed by atoms with Crippen molar-refractivity contribution in [2.75, 3.05) is 33.9 Å². The van der Waals surface area contributed by atoms with Crippen LogP contribution in [0.3, 0.4) is 0 Å². The van der Waals surface area contributed by atoms with Crippen molar-refractivity contribution in [3.63, 3.8) is 0 Å². The molecule has 5 nitrogen and oxygen atoms in total. The van der Waals surface area contributed by atoms with Crippen molar-refractivity contribution in [2.24, 2.45) is 5.73 Å². The van der Waals surface area contributed by atoms with Gasteiger partial charge in [0.25, 0.3) is 0 Å². The lowest BCUT2D eigenvalue weighted by Gasteiger charge is -2.14. The van der Waals surface area contributed by atoms with Crippen LogP contribution in [-0.4, -0.2) is 50.6 Å². The van der Waals surface area contributed by atoms with Crippen LogP contribution in [0.4, 0.5) is 0 Å². The Labute approximate surface area is 113 Å². The fourth-order valence-electron chi connectivity index (χ4n) is 2.31. The Morgan fingerprint density at radius 2 is 2.11 bits per heavy atom. The average molecular weight is 264 g/mol. The van der Waals surface area contributed by atoms with Gasteiger partial charge in [-0.3, -0.25) is 9.69 Å². The Hall–Kier alpha value is -1.59. The highest BCUT2D eigenvalue weighted by Gasteiger charge is 2.22. The zero-order valence-corrected chi connectivity index (χ0v) is 11.4. The second kappa shape index (κ2) is 6.04. The molecule has 2 N–H and O–H groups in total. The number of hydrogen-bond acceptors (Lipinski definition) is 5. The van der Waals surface area contributed by atoms with Crippen LogP contribution in [0, 0.1) is 0 Å². The van der Waals surface area contributed by atoms with Crippen LogP contribution in [0.15, 0.2) is 18.2 Å². The molecule has 104 valence electrons. The largest absolute Gasteiger partial charge is 0.493 e. The number of rotatable bonds is 5. The van der Waals surface area contributed by atoms with Crippen LogP contribution in [0.25, 0.3) is 0 Å². The summed E-state index contributed by atoms with van der Waals surface area (Å²) in [5, 5.41) is 0. The number of ether oxygens (including phenoxy) is 2. The lowest BCUT2D eigenvalue weighted by molar-refractivity contribution is 0.0944. The summed E-state index contributed by atoms with van der Waals surface area (Å²) >= 11 is 0. The van der Waals surface area contributed by atoms with E-state index in [1.165, 1.54) is 0 Å². The number of ketones is 1. The minimum absolute atomic E-state index is 0.0788. The molecular formula is C14H20N2O3. The lowest BCUT2D eigenvalue weighted by atomic mass is 10.1. The third-order valence-corrected chi connectivity index (χ3v) is 3.38. The number of nitrogens with two attached hydrogens (primary N) is 1. The minimum atomic E-state index is 0.0788. The topological polar surface area (TPSA) is 64.8 Å². The molecule has 0 aliphatic carbocycles. The Morgan fingerprint density at radius 1 is 1.37 bits per heavy atom. The molecule has 1 aliphatic rings. The second-order valence-corrected chi connectivity index (χ2v) is 4.78. The number of carbonyl (C=O) groups is 1. The van der Waals surface area contributed by atoms with Gasteiger partial charge in [-0.05, 0) is 24.6 Å². The number of nitrogens with zero attached hydrogens (tertiary/aromatic N) is 1. The predicted molar refractivity (Wildman–Crippen MR) is 72.9 cm³/mol. The zero-order chi connectivity index (χ0) is 13.8. The summed E-state index contributed by atoms with van der Waals surface area (Å²) in [5.41, 5.74) is 6.47. The van der Waals surface area contributed by atoms with E-state index < -0.39 is 0 Å². The van der Waals surface area contributed by atoms with Crippen LogP contribution in [0.1, 0.15) is 16.8 Å². The molecule has 0 amide bonds. The van der Waals surface area contributed by atoms with Gasteiger partial charge < -0.3 is 15.2 Å². The first-order valence-corrected chi connectivity index (χ1v) is 6.37. The van der Waals surface area contributed by atoms with Gasteiger partial charge in [0.05, 0.1) is 20.8 Å². The molecule has 1 aromatic rings. The minimum Gasteiger partial charge on any atom is -0.493 e. The molecule has 1 fully saturated rings. The molecule has 0 bridgehead atoms. The Morgan fingerprint density at radius 3 is 2.68 bits per heavy atom. The molecule has 5 heteroatoms. The fraction of sp³-hybridized carbons (Fsp3) is 0.500. The van der Waals surface area contributed by atoms with E-state index in [2.05, 4.69) is 4.90 Å². The van der Waals surface area contributed by atoms with Crippen molar-refractivity contribution in [1.82, 2.24) is 4.90 Å². The summed E-state index contributed by atoms with van der Waals surface area (Å²) in [7, 11) is 3.14. The van der Waals surface area contributed by atoms with E-state index in [1.54, 1.807) is 32.4 Å². The fourth-order valence-corrected chi connectivity index (χ4v) is 2.31. The molecule has 1 aliphatic heterocycles. The van der Waals surface area contributed by atoms with Crippen molar-refractivity contribution in [3.05, 3.63) is 23.8 Å². The van der Waals surface area contributed by atoms with Gasteiger partial charge in [-0.25, -0.2) is 0 Å². The van der Waals surface area contributed by atoms with E-state index >= 15 is 0 Å². The van der Waals surface area contributed by atoms with Gasteiger partial charge in [0.1, 0.15) is 0 Å². The maximum atomic E-state index is 12.2. The first-order valence-electron chi connectivity index (χ1n) is 6.37. The van der Waals surface area contributed by atoms with Gasteiger partial charge >= 0.3 is 0 Å². The maximum Gasteiger partial charge on any atom is 0.176 e. The second-order valence-electron chi connectivity index (χ2n) is 4.78. The van der Waals surface area contributed by atoms with Crippen LogP contribution in [-0.2, 0) is 0 Å². The maximum absolute atomic E-state index is 12.2. The van der Waals surface area contributed by atoms with E-state index in [0.717, 1.165) is 19.5 Å². The molecule has 0 spiro atoms. The van der Waals surface area contributed by atoms with Crippen molar-refractivity contribution < 1.29 is 14.3 Å². The Kier molecular flexibility index (Phi) is 4.39. The molecule has 0 aromatic heterocycles. The van der Waals surface area contributed by atoms with E-state index in [4.69, 9.17) is 15.2 Å². The summed E-state index contributed by atoms with van der Waals surface area (Å²) in [6, 6.07) is 5.43. The molecule has 0 saturated carbocycles. The molecule has 19 heavy (non-hydrogen) atoms. The number of methoxy groups -OCH3 is 2. The van der Waals surface area contributed by atoms with Crippen molar-refractivity contribution in [1.29, 1.82) is 0 Å². The molecule has 0 radical (unpaired) electrons. The van der Waals surface area contributed by atoms with Crippen molar-refractivity contribution in [3.8, 4) is 11.5 Å². The Balaban J connectivity index is 2.06. The SMILES string of the molecule is COc1ccc(C(=O)CN2CCC(N)C2)cc1OC. The lowest BCUT2D eigenvalue weighted by Crippen LogP contribution is -2.31. The molecule has 1 aromatic carbocycles. The molecule has 1 atom stereocenters. The third-order valence-electron chi connectivity index (χ3n) is 3.38.